The molecule has 0 radical (unpaired) electrons. The van der Waals surface area contributed by atoms with E-state index in [1.54, 1.807) is 6.92 Å². The molecule has 2 rings (SSSR count). The van der Waals surface area contributed by atoms with Crippen molar-refractivity contribution in [1.29, 1.82) is 0 Å². The highest BCUT2D eigenvalue weighted by Crippen LogP contribution is 2.40. The van der Waals surface area contributed by atoms with Gasteiger partial charge in [-0.2, -0.15) is 0 Å². The van der Waals surface area contributed by atoms with Crippen LogP contribution >= 0.6 is 0 Å². The van der Waals surface area contributed by atoms with Crippen LogP contribution in [0.15, 0.2) is 12.1 Å². The molecule has 2 heteroatoms. The third-order valence-corrected chi connectivity index (χ3v) is 4.35. The van der Waals surface area contributed by atoms with Crippen LogP contribution in [0.2, 0.25) is 0 Å². The Labute approximate surface area is 122 Å². The average molecular weight is 274 g/mol. The molecule has 0 saturated carbocycles. The molecule has 2 nitrogen and oxygen atoms in total. The van der Waals surface area contributed by atoms with E-state index >= 15 is 0 Å². The summed E-state index contributed by atoms with van der Waals surface area (Å²) >= 11 is 0. The lowest BCUT2D eigenvalue weighted by atomic mass is 9.78. The smallest absolute Gasteiger partial charge is 0.160 e. The molecule has 1 aliphatic rings. The molecule has 20 heavy (non-hydrogen) atoms. The molecule has 1 aliphatic heterocycles. The summed E-state index contributed by atoms with van der Waals surface area (Å²) in [5.74, 6) is 1.15. The lowest BCUT2D eigenvalue weighted by molar-refractivity contribution is 0.101. The van der Waals surface area contributed by atoms with E-state index in [4.69, 9.17) is 4.74 Å². The minimum Gasteiger partial charge on any atom is -0.493 e. The number of benzene rings is 1. The topological polar surface area (TPSA) is 26.3 Å². The van der Waals surface area contributed by atoms with Crippen molar-refractivity contribution in [2.24, 2.45) is 0 Å². The molecule has 1 aromatic rings. The first-order valence-corrected chi connectivity index (χ1v) is 7.77. The maximum Gasteiger partial charge on any atom is 0.160 e. The van der Waals surface area contributed by atoms with Crippen LogP contribution in [0.25, 0.3) is 0 Å². The van der Waals surface area contributed by atoms with Crippen molar-refractivity contribution in [1.82, 2.24) is 0 Å². The van der Waals surface area contributed by atoms with Gasteiger partial charge >= 0.3 is 0 Å². The summed E-state index contributed by atoms with van der Waals surface area (Å²) in [4.78, 5) is 12.0. The van der Waals surface area contributed by atoms with Crippen LogP contribution in [-0.2, 0) is 11.8 Å². The number of carbonyl (C=O) groups is 1. The Balaban J connectivity index is 2.40. The Hall–Kier alpha value is -1.31. The van der Waals surface area contributed by atoms with Gasteiger partial charge in [0.05, 0.1) is 6.61 Å². The molecule has 0 saturated heterocycles. The zero-order valence-corrected chi connectivity index (χ0v) is 13.2. The van der Waals surface area contributed by atoms with Crippen molar-refractivity contribution in [3.8, 4) is 5.75 Å². The molecule has 0 atom stereocenters. The van der Waals surface area contributed by atoms with E-state index in [0.717, 1.165) is 42.7 Å². The van der Waals surface area contributed by atoms with Crippen LogP contribution < -0.4 is 4.74 Å². The number of hydrogen-bond donors (Lipinski definition) is 0. The number of fused-ring (bicyclic) bond motifs is 1. The van der Waals surface area contributed by atoms with Crippen LogP contribution in [0.1, 0.15) is 74.9 Å². The fourth-order valence-electron chi connectivity index (χ4n) is 2.92. The summed E-state index contributed by atoms with van der Waals surface area (Å²) in [6, 6.07) is 4.20. The van der Waals surface area contributed by atoms with Crippen LogP contribution in [0.4, 0.5) is 0 Å². The molecule has 0 amide bonds. The van der Waals surface area contributed by atoms with Gasteiger partial charge in [0, 0.05) is 11.1 Å². The molecule has 0 bridgehead atoms. The summed E-state index contributed by atoms with van der Waals surface area (Å²) in [7, 11) is 0. The SMILES string of the molecule is CCCCCc1cc2c(cc1C(C)=O)C(C)(C)CCO2. The fraction of sp³-hybridized carbons (Fsp3) is 0.611. The second-order valence-electron chi connectivity index (χ2n) is 6.50. The Morgan fingerprint density at radius 1 is 1.30 bits per heavy atom. The average Bonchev–Trinajstić information content (AvgIpc) is 2.37. The zero-order chi connectivity index (χ0) is 14.8. The summed E-state index contributed by atoms with van der Waals surface area (Å²) in [5.41, 5.74) is 3.33. The molecular weight excluding hydrogens is 248 g/mol. The highest BCUT2D eigenvalue weighted by Gasteiger charge is 2.30. The minimum absolute atomic E-state index is 0.0970. The van der Waals surface area contributed by atoms with Gasteiger partial charge in [-0.15, -0.1) is 0 Å². The molecule has 0 fully saturated rings. The molecule has 0 unspecified atom stereocenters. The first-order chi connectivity index (χ1) is 9.45. The summed E-state index contributed by atoms with van der Waals surface area (Å²) in [5, 5.41) is 0. The van der Waals surface area contributed by atoms with Crippen LogP contribution in [-0.4, -0.2) is 12.4 Å². The van der Waals surface area contributed by atoms with E-state index in [2.05, 4.69) is 32.9 Å². The van der Waals surface area contributed by atoms with Crippen LogP contribution in [0.3, 0.4) is 0 Å². The first kappa shape index (κ1) is 15.1. The summed E-state index contributed by atoms with van der Waals surface area (Å²) in [6.07, 6.45) is 5.52. The molecule has 0 spiro atoms. The highest BCUT2D eigenvalue weighted by molar-refractivity contribution is 5.96. The van der Waals surface area contributed by atoms with Gasteiger partial charge in [-0.1, -0.05) is 33.6 Å². The van der Waals surface area contributed by atoms with Crippen molar-refractivity contribution in [2.75, 3.05) is 6.61 Å². The van der Waals surface area contributed by atoms with Gasteiger partial charge in [0.2, 0.25) is 0 Å². The van der Waals surface area contributed by atoms with Gasteiger partial charge in [-0.05, 0) is 49.3 Å². The molecular formula is C18H26O2. The minimum atomic E-state index is 0.0970. The van der Waals surface area contributed by atoms with Gasteiger partial charge < -0.3 is 4.74 Å². The molecule has 0 aliphatic carbocycles. The zero-order valence-electron chi connectivity index (χ0n) is 13.2. The quantitative estimate of drug-likeness (QED) is 0.575. The summed E-state index contributed by atoms with van der Waals surface area (Å²) < 4.78 is 5.83. The molecule has 1 aromatic carbocycles. The van der Waals surface area contributed by atoms with E-state index in [-0.39, 0.29) is 11.2 Å². The van der Waals surface area contributed by atoms with Gasteiger partial charge in [-0.3, -0.25) is 4.79 Å². The number of carbonyl (C=O) groups excluding carboxylic acids is 1. The molecule has 110 valence electrons. The van der Waals surface area contributed by atoms with Crippen molar-refractivity contribution in [2.45, 2.75) is 65.2 Å². The van der Waals surface area contributed by atoms with Crippen molar-refractivity contribution < 1.29 is 9.53 Å². The van der Waals surface area contributed by atoms with E-state index in [9.17, 15) is 4.79 Å². The van der Waals surface area contributed by atoms with E-state index < -0.39 is 0 Å². The Morgan fingerprint density at radius 2 is 2.05 bits per heavy atom. The second kappa shape index (κ2) is 5.99. The number of aryl methyl sites for hydroxylation is 1. The van der Waals surface area contributed by atoms with Gasteiger partial charge in [0.15, 0.2) is 5.78 Å². The Kier molecular flexibility index (Phi) is 4.52. The number of hydrogen-bond acceptors (Lipinski definition) is 2. The van der Waals surface area contributed by atoms with E-state index in [1.807, 2.05) is 0 Å². The third-order valence-electron chi connectivity index (χ3n) is 4.35. The van der Waals surface area contributed by atoms with Gasteiger partial charge in [0.25, 0.3) is 0 Å². The fourth-order valence-corrected chi connectivity index (χ4v) is 2.92. The number of rotatable bonds is 5. The maximum absolute atomic E-state index is 12.0. The highest BCUT2D eigenvalue weighted by atomic mass is 16.5. The predicted octanol–water partition coefficient (Wildman–Crippen LogP) is 4.68. The normalized spacial score (nSPS) is 16.4. The lowest BCUT2D eigenvalue weighted by Gasteiger charge is -2.33. The first-order valence-electron chi connectivity index (χ1n) is 7.77. The maximum atomic E-state index is 12.0. The monoisotopic (exact) mass is 274 g/mol. The Morgan fingerprint density at radius 3 is 2.70 bits per heavy atom. The summed E-state index contributed by atoms with van der Waals surface area (Å²) in [6.45, 7) is 9.10. The second-order valence-corrected chi connectivity index (χ2v) is 6.50. The lowest BCUT2D eigenvalue weighted by Crippen LogP contribution is -2.27. The van der Waals surface area contributed by atoms with Crippen LogP contribution in [0.5, 0.6) is 5.75 Å². The van der Waals surface area contributed by atoms with Gasteiger partial charge in [-0.25, -0.2) is 0 Å². The van der Waals surface area contributed by atoms with Crippen LogP contribution in [0, 0.1) is 0 Å². The number of ether oxygens (including phenoxy) is 1. The number of ketones is 1. The molecule has 0 aromatic heterocycles. The van der Waals surface area contributed by atoms with Crippen molar-refractivity contribution in [3.05, 3.63) is 28.8 Å². The van der Waals surface area contributed by atoms with Gasteiger partial charge in [0.1, 0.15) is 5.75 Å². The van der Waals surface area contributed by atoms with Crippen molar-refractivity contribution >= 4 is 5.78 Å². The molecule has 0 N–H and O–H groups in total. The van der Waals surface area contributed by atoms with E-state index in [1.165, 1.54) is 18.4 Å². The standard InChI is InChI=1S/C18H26O2/c1-5-6-7-8-14-11-17-16(12-15(14)13(2)19)18(3,4)9-10-20-17/h11-12H,5-10H2,1-4H3. The number of unbranched alkanes of at least 4 members (excludes halogenated alkanes) is 2. The largest absolute Gasteiger partial charge is 0.493 e. The number of Topliss-reactive ketones (excluding diaryl/α,β-unsaturated/α-hetero) is 1. The van der Waals surface area contributed by atoms with Crippen molar-refractivity contribution in [3.63, 3.8) is 0 Å². The Bertz CT molecular complexity index is 500. The third kappa shape index (κ3) is 3.05. The molecule has 1 heterocycles. The predicted molar refractivity (Wildman–Crippen MR) is 82.8 cm³/mol. The van der Waals surface area contributed by atoms with E-state index in [0.29, 0.717) is 0 Å².